The number of carbonyl (C=O) groups excluding carboxylic acids is 1. The number of hydroxylamine groups is 2. The fraction of sp³-hybridized carbons (Fsp3) is 0.909. The van der Waals surface area contributed by atoms with Crippen molar-refractivity contribution in [2.45, 2.75) is 45.2 Å². The van der Waals surface area contributed by atoms with Crippen molar-refractivity contribution in [2.24, 2.45) is 5.92 Å². The van der Waals surface area contributed by atoms with Gasteiger partial charge in [-0.05, 0) is 40.0 Å². The minimum absolute atomic E-state index is 0.0403. The van der Waals surface area contributed by atoms with Crippen molar-refractivity contribution in [3.8, 4) is 0 Å². The van der Waals surface area contributed by atoms with E-state index in [1.165, 1.54) is 5.06 Å². The monoisotopic (exact) mass is 339 g/mol. The van der Waals surface area contributed by atoms with Crippen molar-refractivity contribution in [1.29, 1.82) is 0 Å². The topological polar surface area (TPSA) is 52.2 Å². The molecule has 5 heteroatoms. The van der Waals surface area contributed by atoms with Gasteiger partial charge in [0, 0.05) is 17.6 Å². The van der Waals surface area contributed by atoms with Crippen LogP contribution >= 0.6 is 22.6 Å². The van der Waals surface area contributed by atoms with E-state index in [1.807, 2.05) is 50.3 Å². The third-order valence-electron chi connectivity index (χ3n) is 3.49. The lowest BCUT2D eigenvalue weighted by molar-refractivity contribution is -0.248. The van der Waals surface area contributed by atoms with Crippen LogP contribution < -0.4 is 5.32 Å². The van der Waals surface area contributed by atoms with Crippen LogP contribution in [0.25, 0.3) is 0 Å². The van der Waals surface area contributed by atoms with Crippen molar-refractivity contribution in [3.63, 3.8) is 0 Å². The number of nitrogens with one attached hydrogen (secondary N) is 1. The molecular formula is C11H20IN2O2. The Morgan fingerprint density at radius 2 is 2.00 bits per heavy atom. The van der Waals surface area contributed by atoms with E-state index in [0.29, 0.717) is 11.0 Å². The Hall–Kier alpha value is 0.120. The number of alkyl halides is 1. The number of hydrogen-bond donors (Lipinski definition) is 1. The summed E-state index contributed by atoms with van der Waals surface area (Å²) in [4.78, 5) is 11.2. The van der Waals surface area contributed by atoms with Gasteiger partial charge in [0.2, 0.25) is 5.91 Å². The average molecular weight is 339 g/mol. The highest BCUT2D eigenvalue weighted by molar-refractivity contribution is 14.1. The molecule has 1 amide bonds. The first kappa shape index (κ1) is 14.2. The van der Waals surface area contributed by atoms with Gasteiger partial charge < -0.3 is 5.32 Å². The Morgan fingerprint density at radius 3 is 2.38 bits per heavy atom. The van der Waals surface area contributed by atoms with Crippen LogP contribution in [0.15, 0.2) is 0 Å². The predicted molar refractivity (Wildman–Crippen MR) is 70.7 cm³/mol. The molecule has 4 nitrogen and oxygen atoms in total. The van der Waals surface area contributed by atoms with E-state index in [2.05, 4.69) is 5.32 Å². The van der Waals surface area contributed by atoms with Crippen LogP contribution in [0.3, 0.4) is 0 Å². The maximum absolute atomic E-state index is 12.1. The van der Waals surface area contributed by atoms with Gasteiger partial charge in [-0.15, -0.1) is 10.3 Å². The van der Waals surface area contributed by atoms with Crippen molar-refractivity contribution in [2.75, 3.05) is 11.0 Å². The molecule has 1 aliphatic heterocycles. The maximum Gasteiger partial charge on any atom is 0.229 e. The standard InChI is InChI=1S/C11H20IN2O2/c1-10(2)5-8(7-13-9(15)6-12)11(3,4)14(10)16/h8H,5-7H2,1-4H3,(H,13,15). The number of nitrogens with zero attached hydrogens (tertiary/aromatic N) is 1. The molecule has 0 aromatic rings. The van der Waals surface area contributed by atoms with E-state index in [1.54, 1.807) is 0 Å². The van der Waals surface area contributed by atoms with Gasteiger partial charge in [-0.25, -0.2) is 0 Å². The van der Waals surface area contributed by atoms with Crippen LogP contribution in [0.1, 0.15) is 34.1 Å². The molecule has 0 saturated carbocycles. The van der Waals surface area contributed by atoms with Crippen LogP contribution in [-0.2, 0) is 10.0 Å². The van der Waals surface area contributed by atoms with Gasteiger partial charge in [-0.1, -0.05) is 22.6 Å². The molecule has 1 atom stereocenters. The molecular weight excluding hydrogens is 319 g/mol. The van der Waals surface area contributed by atoms with Gasteiger partial charge in [0.05, 0.1) is 4.43 Å². The highest BCUT2D eigenvalue weighted by Gasteiger charge is 2.52. The van der Waals surface area contributed by atoms with Gasteiger partial charge in [-0.3, -0.25) is 4.79 Å². The second-order valence-corrected chi connectivity index (χ2v) is 6.36. The molecule has 1 unspecified atom stereocenters. The van der Waals surface area contributed by atoms with Crippen LogP contribution in [0.4, 0.5) is 0 Å². The molecule has 0 aromatic carbocycles. The molecule has 1 rings (SSSR count). The summed E-state index contributed by atoms with van der Waals surface area (Å²) in [5.74, 6) is 0.255. The molecule has 0 aromatic heterocycles. The lowest BCUT2D eigenvalue weighted by atomic mass is 9.87. The molecule has 0 spiro atoms. The minimum Gasteiger partial charge on any atom is -0.355 e. The summed E-state index contributed by atoms with van der Waals surface area (Å²) in [5.41, 5.74) is -0.731. The van der Waals surface area contributed by atoms with Crippen molar-refractivity contribution < 1.29 is 10.0 Å². The van der Waals surface area contributed by atoms with E-state index in [0.717, 1.165) is 6.42 Å². The lowest BCUT2D eigenvalue weighted by Gasteiger charge is -2.33. The molecule has 1 aliphatic rings. The Balaban J connectivity index is 2.65. The fourth-order valence-corrected chi connectivity index (χ4v) is 2.76. The van der Waals surface area contributed by atoms with E-state index in [4.69, 9.17) is 0 Å². The van der Waals surface area contributed by atoms with Gasteiger partial charge >= 0.3 is 0 Å². The van der Waals surface area contributed by atoms with E-state index >= 15 is 0 Å². The average Bonchev–Trinajstić information content (AvgIpc) is 2.35. The highest BCUT2D eigenvalue weighted by Crippen LogP contribution is 2.43. The zero-order valence-electron chi connectivity index (χ0n) is 10.3. The summed E-state index contributed by atoms with van der Waals surface area (Å²) >= 11 is 2.04. The molecule has 0 aliphatic carbocycles. The Bertz CT molecular complexity index is 279. The van der Waals surface area contributed by atoms with Crippen LogP contribution in [0.5, 0.6) is 0 Å². The third-order valence-corrected chi connectivity index (χ3v) is 4.18. The molecule has 1 radical (unpaired) electrons. The van der Waals surface area contributed by atoms with Crippen LogP contribution in [0, 0.1) is 5.92 Å². The van der Waals surface area contributed by atoms with E-state index in [-0.39, 0.29) is 17.4 Å². The zero-order chi connectivity index (χ0) is 12.6. The lowest BCUT2D eigenvalue weighted by Crippen LogP contribution is -2.48. The quantitative estimate of drug-likeness (QED) is 0.629. The molecule has 1 fully saturated rings. The highest BCUT2D eigenvalue weighted by atomic mass is 127. The van der Waals surface area contributed by atoms with Gasteiger partial charge in [0.1, 0.15) is 0 Å². The summed E-state index contributed by atoms with van der Waals surface area (Å²) in [6.45, 7) is 8.42. The fourth-order valence-electron chi connectivity index (χ4n) is 2.49. The Labute approximate surface area is 111 Å². The van der Waals surface area contributed by atoms with Crippen molar-refractivity contribution in [3.05, 3.63) is 0 Å². The third kappa shape index (κ3) is 2.68. The summed E-state index contributed by atoms with van der Waals surface area (Å²) in [6.07, 6.45) is 0.824. The van der Waals surface area contributed by atoms with Crippen molar-refractivity contribution >= 4 is 28.5 Å². The van der Waals surface area contributed by atoms with Gasteiger partial charge in [-0.2, -0.15) is 0 Å². The van der Waals surface area contributed by atoms with Gasteiger partial charge in [0.15, 0.2) is 0 Å². The predicted octanol–water partition coefficient (Wildman–Crippen LogP) is 1.76. The Kier molecular flexibility index (Phi) is 4.23. The second kappa shape index (κ2) is 4.78. The molecule has 16 heavy (non-hydrogen) atoms. The summed E-state index contributed by atoms with van der Waals surface area (Å²) in [7, 11) is 0. The van der Waals surface area contributed by atoms with Crippen LogP contribution in [-0.4, -0.2) is 33.0 Å². The molecule has 1 saturated heterocycles. The first-order valence-corrected chi connectivity index (χ1v) is 7.04. The number of rotatable bonds is 3. The smallest absolute Gasteiger partial charge is 0.229 e. The van der Waals surface area contributed by atoms with Crippen LogP contribution in [0.2, 0.25) is 0 Å². The summed E-state index contributed by atoms with van der Waals surface area (Å²) in [6, 6.07) is 0. The normalized spacial score (nSPS) is 28.0. The molecule has 93 valence electrons. The molecule has 1 heterocycles. The first-order chi connectivity index (χ1) is 7.21. The number of amides is 1. The van der Waals surface area contributed by atoms with Crippen molar-refractivity contribution in [1.82, 2.24) is 10.4 Å². The summed E-state index contributed by atoms with van der Waals surface area (Å²) < 4.78 is 0.468. The van der Waals surface area contributed by atoms with E-state index < -0.39 is 5.54 Å². The van der Waals surface area contributed by atoms with E-state index in [9.17, 15) is 10.0 Å². The SMILES string of the molecule is CC1(C)CC(CNC(=O)CI)C(C)(C)N1[O]. The second-order valence-electron chi connectivity index (χ2n) is 5.60. The first-order valence-electron chi connectivity index (χ1n) is 5.52. The number of halogens is 1. The Morgan fingerprint density at radius 1 is 1.44 bits per heavy atom. The molecule has 1 N–H and O–H groups in total. The number of hydrogen-bond acceptors (Lipinski definition) is 2. The largest absolute Gasteiger partial charge is 0.355 e. The maximum atomic E-state index is 12.1. The summed E-state index contributed by atoms with van der Waals surface area (Å²) in [5, 5.41) is 16.1. The van der Waals surface area contributed by atoms with Gasteiger partial charge in [0.25, 0.3) is 0 Å². The minimum atomic E-state index is -0.401. The zero-order valence-corrected chi connectivity index (χ0v) is 12.5. The number of carbonyl (C=O) groups is 1. The molecule has 0 bridgehead atoms.